The van der Waals surface area contributed by atoms with Crippen LogP contribution in [0.15, 0.2) is 48.1 Å². The number of carbonyl (C=O) groups excluding carboxylic acids is 1. The number of allylic oxidation sites excluding steroid dienone is 6. The van der Waals surface area contributed by atoms with E-state index in [0.29, 0.717) is 6.42 Å². The fourth-order valence-electron chi connectivity index (χ4n) is 1.48. The Labute approximate surface area is 106 Å². The first-order valence-corrected chi connectivity index (χ1v) is 6.15. The van der Waals surface area contributed by atoms with Crippen LogP contribution in [0.2, 0.25) is 0 Å². The van der Waals surface area contributed by atoms with Gasteiger partial charge in [-0.25, -0.2) is 0 Å². The summed E-state index contributed by atoms with van der Waals surface area (Å²) in [6.45, 7) is 13.8. The van der Waals surface area contributed by atoms with Crippen LogP contribution in [0.1, 0.15) is 46.5 Å². The van der Waals surface area contributed by atoms with E-state index >= 15 is 0 Å². The Bertz CT molecular complexity index is 343. The van der Waals surface area contributed by atoms with Crippen molar-refractivity contribution in [3.8, 4) is 0 Å². The third-order valence-corrected chi connectivity index (χ3v) is 2.70. The van der Waals surface area contributed by atoms with Crippen molar-refractivity contribution in [3.05, 3.63) is 48.1 Å². The Morgan fingerprint density at radius 2 is 1.71 bits per heavy atom. The van der Waals surface area contributed by atoms with Crippen LogP contribution < -0.4 is 0 Å². The summed E-state index contributed by atoms with van der Waals surface area (Å²) in [6.07, 6.45) is 9.59. The van der Waals surface area contributed by atoms with Crippen molar-refractivity contribution >= 4 is 5.78 Å². The van der Waals surface area contributed by atoms with Crippen LogP contribution in [-0.4, -0.2) is 5.78 Å². The summed E-state index contributed by atoms with van der Waals surface area (Å²) in [5.74, 6) is 0.263. The number of unbranched alkanes of at least 4 members (excludes halogenated alkanes) is 1. The van der Waals surface area contributed by atoms with Crippen LogP contribution in [0.25, 0.3) is 0 Å². The highest BCUT2D eigenvalue weighted by molar-refractivity contribution is 5.75. The van der Waals surface area contributed by atoms with Gasteiger partial charge in [-0.3, -0.25) is 0 Å². The van der Waals surface area contributed by atoms with Crippen LogP contribution in [-0.2, 0) is 4.79 Å². The van der Waals surface area contributed by atoms with Gasteiger partial charge in [-0.2, -0.15) is 0 Å². The second-order valence-electron chi connectivity index (χ2n) is 4.37. The summed E-state index contributed by atoms with van der Waals surface area (Å²) < 4.78 is 0. The van der Waals surface area contributed by atoms with Crippen molar-refractivity contribution in [2.45, 2.75) is 46.5 Å². The molecular formula is C16H24O. The van der Waals surface area contributed by atoms with Gasteiger partial charge >= 0.3 is 0 Å². The molecule has 0 aliphatic heterocycles. The molecule has 0 saturated carbocycles. The molecule has 17 heavy (non-hydrogen) atoms. The van der Waals surface area contributed by atoms with Gasteiger partial charge in [-0.05, 0) is 56.8 Å². The summed E-state index contributed by atoms with van der Waals surface area (Å²) >= 11 is 0. The highest BCUT2D eigenvalue weighted by atomic mass is 16.1. The Balaban J connectivity index is 4.06. The predicted octanol–water partition coefficient (Wildman–Crippen LogP) is 4.77. The quantitative estimate of drug-likeness (QED) is 0.435. The molecule has 0 N–H and O–H groups in total. The van der Waals surface area contributed by atoms with E-state index in [-0.39, 0.29) is 5.78 Å². The Kier molecular flexibility index (Phi) is 8.04. The van der Waals surface area contributed by atoms with Crippen LogP contribution in [0.5, 0.6) is 0 Å². The van der Waals surface area contributed by atoms with Crippen LogP contribution in [0, 0.1) is 0 Å². The maximum absolute atomic E-state index is 10.8. The third-order valence-electron chi connectivity index (χ3n) is 2.70. The number of hydrogen-bond acceptors (Lipinski definition) is 1. The second kappa shape index (κ2) is 8.74. The van der Waals surface area contributed by atoms with Crippen molar-refractivity contribution < 1.29 is 4.79 Å². The van der Waals surface area contributed by atoms with E-state index in [1.807, 2.05) is 32.1 Å². The highest BCUT2D eigenvalue weighted by Crippen LogP contribution is 2.20. The molecule has 1 heteroatoms. The minimum Gasteiger partial charge on any atom is -0.300 e. The van der Waals surface area contributed by atoms with Gasteiger partial charge in [0, 0.05) is 6.42 Å². The molecule has 0 aromatic carbocycles. The molecule has 0 amide bonds. The smallest absolute Gasteiger partial charge is 0.129 e. The van der Waals surface area contributed by atoms with E-state index in [1.54, 1.807) is 6.92 Å². The summed E-state index contributed by atoms with van der Waals surface area (Å²) in [4.78, 5) is 10.8. The van der Waals surface area contributed by atoms with Crippen LogP contribution in [0.3, 0.4) is 0 Å². The van der Waals surface area contributed by atoms with Gasteiger partial charge in [0.15, 0.2) is 0 Å². The van der Waals surface area contributed by atoms with E-state index in [9.17, 15) is 4.79 Å². The number of Topliss-reactive ketones (excluding diaryl/α,β-unsaturated/α-hetero) is 1. The average Bonchev–Trinajstić information content (AvgIpc) is 2.30. The highest BCUT2D eigenvalue weighted by Gasteiger charge is 2.02. The van der Waals surface area contributed by atoms with Gasteiger partial charge in [0.1, 0.15) is 5.78 Å². The molecule has 0 heterocycles. The van der Waals surface area contributed by atoms with E-state index in [2.05, 4.69) is 13.2 Å². The van der Waals surface area contributed by atoms with Crippen LogP contribution >= 0.6 is 0 Å². The standard InChI is InChI=1S/C16H24O/c1-6-7-10-13(2)16(5)14(3)11-8-9-12-15(4)17/h6-7,10H,3,5,8-9,11-12H2,1-2,4H3. The largest absolute Gasteiger partial charge is 0.300 e. The molecule has 0 bridgehead atoms. The fourth-order valence-corrected chi connectivity index (χ4v) is 1.48. The monoisotopic (exact) mass is 232 g/mol. The lowest BCUT2D eigenvalue weighted by molar-refractivity contribution is -0.117. The van der Waals surface area contributed by atoms with Crippen molar-refractivity contribution in [2.75, 3.05) is 0 Å². The maximum Gasteiger partial charge on any atom is 0.129 e. The Hall–Kier alpha value is -1.37. The van der Waals surface area contributed by atoms with E-state index in [1.165, 1.54) is 0 Å². The molecule has 0 fully saturated rings. The van der Waals surface area contributed by atoms with Gasteiger partial charge in [-0.1, -0.05) is 31.4 Å². The molecule has 0 aromatic heterocycles. The van der Waals surface area contributed by atoms with Gasteiger partial charge in [0.05, 0.1) is 0 Å². The maximum atomic E-state index is 10.8. The molecule has 0 rings (SSSR count). The lowest BCUT2D eigenvalue weighted by Gasteiger charge is -2.09. The van der Waals surface area contributed by atoms with Crippen molar-refractivity contribution in [3.63, 3.8) is 0 Å². The zero-order valence-electron chi connectivity index (χ0n) is 11.4. The molecule has 0 atom stereocenters. The first-order chi connectivity index (χ1) is 7.99. The van der Waals surface area contributed by atoms with Gasteiger partial charge in [-0.15, -0.1) is 0 Å². The van der Waals surface area contributed by atoms with E-state index < -0.39 is 0 Å². The second-order valence-corrected chi connectivity index (χ2v) is 4.37. The molecule has 0 unspecified atom stereocenters. The Morgan fingerprint density at radius 1 is 1.12 bits per heavy atom. The SMILES string of the molecule is C=C(CCCCC(C)=O)C(=C)C(C)=CC=CC. The number of carbonyl (C=O) groups is 1. The fraction of sp³-hybridized carbons (Fsp3) is 0.438. The lowest BCUT2D eigenvalue weighted by Crippen LogP contribution is -1.92. The first-order valence-electron chi connectivity index (χ1n) is 6.15. The average molecular weight is 232 g/mol. The number of rotatable bonds is 8. The zero-order chi connectivity index (χ0) is 13.3. The molecule has 0 aromatic rings. The lowest BCUT2D eigenvalue weighted by atomic mass is 9.96. The minimum absolute atomic E-state index is 0.263. The van der Waals surface area contributed by atoms with Crippen molar-refractivity contribution in [1.29, 1.82) is 0 Å². The summed E-state index contributed by atoms with van der Waals surface area (Å²) in [6, 6.07) is 0. The van der Waals surface area contributed by atoms with Crippen molar-refractivity contribution in [2.24, 2.45) is 0 Å². The molecule has 1 nitrogen and oxygen atoms in total. The minimum atomic E-state index is 0.263. The van der Waals surface area contributed by atoms with Gasteiger partial charge < -0.3 is 4.79 Å². The molecule has 0 aliphatic carbocycles. The Morgan fingerprint density at radius 3 is 2.24 bits per heavy atom. The normalized spacial score (nSPS) is 11.8. The van der Waals surface area contributed by atoms with Crippen molar-refractivity contribution in [1.82, 2.24) is 0 Å². The number of hydrogen-bond donors (Lipinski definition) is 0. The topological polar surface area (TPSA) is 17.1 Å². The summed E-state index contributed by atoms with van der Waals surface area (Å²) in [7, 11) is 0. The summed E-state index contributed by atoms with van der Waals surface area (Å²) in [5, 5.41) is 0. The molecule has 0 saturated heterocycles. The molecule has 0 aliphatic rings. The van der Waals surface area contributed by atoms with E-state index in [0.717, 1.165) is 36.0 Å². The first kappa shape index (κ1) is 15.6. The van der Waals surface area contributed by atoms with E-state index in [4.69, 9.17) is 0 Å². The van der Waals surface area contributed by atoms with Gasteiger partial charge in [0.2, 0.25) is 0 Å². The third kappa shape index (κ3) is 7.51. The number of ketones is 1. The van der Waals surface area contributed by atoms with Crippen LogP contribution in [0.4, 0.5) is 0 Å². The molecule has 94 valence electrons. The van der Waals surface area contributed by atoms with Gasteiger partial charge in [0.25, 0.3) is 0 Å². The summed E-state index contributed by atoms with van der Waals surface area (Å²) in [5.41, 5.74) is 3.25. The molecular weight excluding hydrogens is 208 g/mol. The molecule has 0 radical (unpaired) electrons. The molecule has 0 spiro atoms. The zero-order valence-corrected chi connectivity index (χ0v) is 11.4. The predicted molar refractivity (Wildman–Crippen MR) is 76.0 cm³/mol.